The second-order valence-corrected chi connectivity index (χ2v) is 10.1. The molecule has 0 saturated carbocycles. The van der Waals surface area contributed by atoms with Crippen LogP contribution in [0, 0.1) is 13.8 Å². The number of rotatable bonds is 7. The third kappa shape index (κ3) is 4.66. The van der Waals surface area contributed by atoms with Gasteiger partial charge in [0.2, 0.25) is 5.91 Å². The number of anilines is 1. The van der Waals surface area contributed by atoms with Gasteiger partial charge < -0.3 is 9.73 Å². The molecule has 0 atom stereocenters. The molecule has 0 radical (unpaired) electrons. The molecule has 6 nitrogen and oxygen atoms in total. The van der Waals surface area contributed by atoms with Crippen molar-refractivity contribution in [1.82, 2.24) is 9.55 Å². The van der Waals surface area contributed by atoms with Crippen LogP contribution in [0.15, 0.2) is 57.0 Å². The van der Waals surface area contributed by atoms with Crippen LogP contribution in [0.1, 0.15) is 41.5 Å². The lowest BCUT2D eigenvalue weighted by Crippen LogP contribution is -2.24. The number of carbonyl (C=O) groups is 1. The number of aryl methyl sites for hydroxylation is 2. The Hall–Kier alpha value is -2.84. The van der Waals surface area contributed by atoms with Crippen LogP contribution in [0.3, 0.4) is 0 Å². The van der Waals surface area contributed by atoms with Gasteiger partial charge in [0.1, 0.15) is 10.6 Å². The van der Waals surface area contributed by atoms with E-state index in [4.69, 9.17) is 9.40 Å². The molecule has 166 valence electrons. The van der Waals surface area contributed by atoms with E-state index >= 15 is 0 Å². The van der Waals surface area contributed by atoms with Crippen molar-refractivity contribution in [3.05, 3.63) is 74.8 Å². The summed E-state index contributed by atoms with van der Waals surface area (Å²) in [6.45, 7) is 8.46. The van der Waals surface area contributed by atoms with Crippen molar-refractivity contribution in [1.29, 1.82) is 0 Å². The van der Waals surface area contributed by atoms with Crippen molar-refractivity contribution in [2.75, 3.05) is 11.1 Å². The molecule has 3 heterocycles. The van der Waals surface area contributed by atoms with E-state index in [0.717, 1.165) is 16.1 Å². The number of carbonyl (C=O) groups excluding carboxylic acids is 1. The number of hydrogen-bond acceptors (Lipinski definition) is 6. The first-order chi connectivity index (χ1) is 15.3. The third-order valence-corrected chi connectivity index (χ3v) is 7.42. The number of hydrogen-bond donors (Lipinski definition) is 1. The minimum absolute atomic E-state index is 0.111. The Kier molecular flexibility index (Phi) is 6.53. The molecule has 0 aliphatic heterocycles. The number of nitrogens with one attached hydrogen (secondary N) is 1. The highest BCUT2D eigenvalue weighted by atomic mass is 32.2. The second-order valence-electron chi connectivity index (χ2n) is 7.94. The van der Waals surface area contributed by atoms with Crippen LogP contribution < -0.4 is 10.9 Å². The monoisotopic (exact) mass is 467 g/mol. The lowest BCUT2D eigenvalue weighted by molar-refractivity contribution is -0.113. The van der Waals surface area contributed by atoms with Crippen LogP contribution in [-0.4, -0.2) is 21.2 Å². The molecule has 0 saturated heterocycles. The molecule has 0 bridgehead atoms. The van der Waals surface area contributed by atoms with Gasteiger partial charge in [0.15, 0.2) is 5.16 Å². The number of fused-ring (bicyclic) bond motifs is 1. The van der Waals surface area contributed by atoms with Crippen LogP contribution in [0.25, 0.3) is 10.2 Å². The molecule has 1 aromatic carbocycles. The quantitative estimate of drug-likeness (QED) is 0.284. The van der Waals surface area contributed by atoms with Gasteiger partial charge in [-0.1, -0.05) is 37.7 Å². The maximum absolute atomic E-state index is 13.3. The number of benzene rings is 1. The summed E-state index contributed by atoms with van der Waals surface area (Å²) in [5.74, 6) is 1.09. The summed E-state index contributed by atoms with van der Waals surface area (Å²) in [6.07, 6.45) is 1.58. The second kappa shape index (κ2) is 9.34. The Morgan fingerprint density at radius 1 is 1.22 bits per heavy atom. The first kappa shape index (κ1) is 22.4. The van der Waals surface area contributed by atoms with Crippen LogP contribution in [0.5, 0.6) is 0 Å². The lowest BCUT2D eigenvalue weighted by Gasteiger charge is -2.12. The molecule has 1 N–H and O–H groups in total. The summed E-state index contributed by atoms with van der Waals surface area (Å²) in [7, 11) is 0. The zero-order chi connectivity index (χ0) is 22.8. The van der Waals surface area contributed by atoms with Gasteiger partial charge in [-0.2, -0.15) is 0 Å². The van der Waals surface area contributed by atoms with E-state index in [1.165, 1.54) is 28.7 Å². The van der Waals surface area contributed by atoms with Crippen LogP contribution in [-0.2, 0) is 11.3 Å². The van der Waals surface area contributed by atoms with Gasteiger partial charge in [-0.05, 0) is 55.2 Å². The topological polar surface area (TPSA) is 77.1 Å². The lowest BCUT2D eigenvalue weighted by atomic mass is 10.0. The molecular formula is C24H25N3O3S2. The van der Waals surface area contributed by atoms with E-state index in [1.54, 1.807) is 16.9 Å². The minimum Gasteiger partial charge on any atom is -0.467 e. The predicted molar refractivity (Wildman–Crippen MR) is 131 cm³/mol. The van der Waals surface area contributed by atoms with Gasteiger partial charge in [0.05, 0.1) is 23.9 Å². The number of amides is 1. The molecule has 0 spiro atoms. The van der Waals surface area contributed by atoms with Gasteiger partial charge in [-0.25, -0.2) is 4.98 Å². The smallest absolute Gasteiger partial charge is 0.263 e. The molecule has 8 heteroatoms. The van der Waals surface area contributed by atoms with Gasteiger partial charge >= 0.3 is 0 Å². The third-order valence-electron chi connectivity index (χ3n) is 5.34. The Morgan fingerprint density at radius 3 is 2.62 bits per heavy atom. The highest BCUT2D eigenvalue weighted by Crippen LogP contribution is 2.29. The van der Waals surface area contributed by atoms with Gasteiger partial charge in [-0.3, -0.25) is 14.2 Å². The molecular weight excluding hydrogens is 442 g/mol. The summed E-state index contributed by atoms with van der Waals surface area (Å²) in [5, 5.41) is 4.06. The fourth-order valence-electron chi connectivity index (χ4n) is 3.40. The zero-order valence-electron chi connectivity index (χ0n) is 18.5. The zero-order valence-corrected chi connectivity index (χ0v) is 20.1. The van der Waals surface area contributed by atoms with E-state index in [2.05, 4.69) is 19.2 Å². The number of furan rings is 1. The average Bonchev–Trinajstić information content (AvgIpc) is 3.37. The highest BCUT2D eigenvalue weighted by molar-refractivity contribution is 7.99. The molecule has 4 aromatic rings. The van der Waals surface area contributed by atoms with Crippen molar-refractivity contribution in [2.45, 2.75) is 45.3 Å². The Morgan fingerprint density at radius 2 is 1.97 bits per heavy atom. The first-order valence-electron chi connectivity index (χ1n) is 10.4. The van der Waals surface area contributed by atoms with Gasteiger partial charge in [0, 0.05) is 10.6 Å². The molecule has 0 unspecified atom stereocenters. The van der Waals surface area contributed by atoms with Crippen molar-refractivity contribution in [2.24, 2.45) is 0 Å². The summed E-state index contributed by atoms with van der Waals surface area (Å²) < 4.78 is 7.05. The van der Waals surface area contributed by atoms with E-state index in [0.29, 0.717) is 27.1 Å². The molecule has 0 aliphatic rings. The number of thiophene rings is 1. The fourth-order valence-corrected chi connectivity index (χ4v) is 5.26. The Balaban J connectivity index is 1.57. The molecule has 3 aromatic heterocycles. The first-order valence-corrected chi connectivity index (χ1v) is 12.2. The van der Waals surface area contributed by atoms with Crippen molar-refractivity contribution in [3.63, 3.8) is 0 Å². The van der Waals surface area contributed by atoms with Crippen LogP contribution in [0.2, 0.25) is 0 Å². The van der Waals surface area contributed by atoms with Gasteiger partial charge in [0.25, 0.3) is 5.56 Å². The minimum atomic E-state index is -0.148. The highest BCUT2D eigenvalue weighted by Gasteiger charge is 2.18. The number of nitrogens with zero attached hydrogens (tertiary/aromatic N) is 2. The summed E-state index contributed by atoms with van der Waals surface area (Å²) in [5.41, 5.74) is 2.81. The molecule has 0 aliphatic carbocycles. The number of thioether (sulfide) groups is 1. The number of aromatic nitrogens is 2. The predicted octanol–water partition coefficient (Wildman–Crippen LogP) is 5.57. The van der Waals surface area contributed by atoms with E-state index in [9.17, 15) is 9.59 Å². The SMILES string of the molecule is Cc1sc2nc(SCC(=O)Nc3ccc(C(C)C)cc3)n(Cc3ccco3)c(=O)c2c1C. The molecule has 1 amide bonds. The van der Waals surface area contributed by atoms with Crippen LogP contribution >= 0.6 is 23.1 Å². The standard InChI is InChI=1S/C24H25N3O3S2/c1-14(2)17-7-9-18(10-8-17)25-20(28)13-31-24-26-22-21(15(3)16(4)32-22)23(29)27(24)12-19-6-5-11-30-19/h5-11,14H,12-13H2,1-4H3,(H,25,28). The Bertz CT molecular complexity index is 1300. The summed E-state index contributed by atoms with van der Waals surface area (Å²) in [6, 6.07) is 11.5. The van der Waals surface area contributed by atoms with E-state index in [-0.39, 0.29) is 23.8 Å². The molecule has 4 rings (SSSR count). The Labute approximate surface area is 194 Å². The van der Waals surface area contributed by atoms with Gasteiger partial charge in [-0.15, -0.1) is 11.3 Å². The summed E-state index contributed by atoms with van der Waals surface area (Å²) in [4.78, 5) is 32.4. The normalized spacial score (nSPS) is 11.4. The van der Waals surface area contributed by atoms with E-state index < -0.39 is 0 Å². The fraction of sp³-hybridized carbons (Fsp3) is 0.292. The average molecular weight is 468 g/mol. The summed E-state index contributed by atoms with van der Waals surface area (Å²) >= 11 is 2.76. The maximum atomic E-state index is 13.3. The van der Waals surface area contributed by atoms with Crippen molar-refractivity contribution < 1.29 is 9.21 Å². The van der Waals surface area contributed by atoms with Crippen molar-refractivity contribution in [3.8, 4) is 0 Å². The van der Waals surface area contributed by atoms with Crippen LogP contribution in [0.4, 0.5) is 5.69 Å². The molecule has 0 fully saturated rings. The largest absolute Gasteiger partial charge is 0.467 e. The maximum Gasteiger partial charge on any atom is 0.263 e. The van der Waals surface area contributed by atoms with Crippen molar-refractivity contribution >= 4 is 44.9 Å². The molecule has 32 heavy (non-hydrogen) atoms. The van der Waals surface area contributed by atoms with E-state index in [1.807, 2.05) is 44.2 Å².